The predicted molar refractivity (Wildman–Crippen MR) is 69.8 cm³/mol. The Hall–Kier alpha value is -1.89. The average Bonchev–Trinajstić information content (AvgIpc) is 2.42. The number of carbonyl (C=O) groups is 1. The monoisotopic (exact) mass is 260 g/mol. The topological polar surface area (TPSA) is 52.9 Å². The SMILES string of the molecule is N#CCC1CCC(NC(=O)c2ccccc2F)CC1. The maximum Gasteiger partial charge on any atom is 0.254 e. The van der Waals surface area contributed by atoms with Gasteiger partial charge < -0.3 is 5.32 Å². The summed E-state index contributed by atoms with van der Waals surface area (Å²) < 4.78 is 13.5. The van der Waals surface area contributed by atoms with Crippen LogP contribution in [0.2, 0.25) is 0 Å². The van der Waals surface area contributed by atoms with Gasteiger partial charge in [-0.05, 0) is 43.7 Å². The molecule has 4 heteroatoms. The lowest BCUT2D eigenvalue weighted by Gasteiger charge is -2.27. The molecule has 3 nitrogen and oxygen atoms in total. The maximum atomic E-state index is 13.5. The van der Waals surface area contributed by atoms with Gasteiger partial charge in [0.2, 0.25) is 0 Å². The van der Waals surface area contributed by atoms with Crippen molar-refractivity contribution < 1.29 is 9.18 Å². The van der Waals surface area contributed by atoms with E-state index in [1.165, 1.54) is 12.1 Å². The first-order valence-corrected chi connectivity index (χ1v) is 6.63. The van der Waals surface area contributed by atoms with Gasteiger partial charge in [-0.2, -0.15) is 5.26 Å². The van der Waals surface area contributed by atoms with Gasteiger partial charge in [0.05, 0.1) is 11.6 Å². The zero-order valence-electron chi connectivity index (χ0n) is 10.7. The molecule has 1 fully saturated rings. The molecule has 100 valence electrons. The van der Waals surface area contributed by atoms with Crippen molar-refractivity contribution in [3.63, 3.8) is 0 Å². The van der Waals surface area contributed by atoms with Crippen LogP contribution < -0.4 is 5.32 Å². The molecule has 0 aromatic heterocycles. The molecule has 0 radical (unpaired) electrons. The van der Waals surface area contributed by atoms with Gasteiger partial charge in [-0.15, -0.1) is 0 Å². The fourth-order valence-corrected chi connectivity index (χ4v) is 2.55. The van der Waals surface area contributed by atoms with Crippen LogP contribution in [0.3, 0.4) is 0 Å². The van der Waals surface area contributed by atoms with Crippen molar-refractivity contribution in [2.75, 3.05) is 0 Å². The fourth-order valence-electron chi connectivity index (χ4n) is 2.55. The Morgan fingerprint density at radius 2 is 2.00 bits per heavy atom. The first-order chi connectivity index (χ1) is 9.20. The van der Waals surface area contributed by atoms with Crippen LogP contribution in [0.25, 0.3) is 0 Å². The highest BCUT2D eigenvalue weighted by atomic mass is 19.1. The van der Waals surface area contributed by atoms with Gasteiger partial charge in [-0.1, -0.05) is 12.1 Å². The Morgan fingerprint density at radius 1 is 1.32 bits per heavy atom. The lowest BCUT2D eigenvalue weighted by atomic mass is 9.84. The van der Waals surface area contributed by atoms with Crippen LogP contribution in [0.5, 0.6) is 0 Å². The number of benzene rings is 1. The van der Waals surface area contributed by atoms with Crippen molar-refractivity contribution >= 4 is 5.91 Å². The number of hydrogen-bond acceptors (Lipinski definition) is 2. The fraction of sp³-hybridized carbons (Fsp3) is 0.467. The summed E-state index contributed by atoms with van der Waals surface area (Å²) in [7, 11) is 0. The minimum Gasteiger partial charge on any atom is -0.349 e. The zero-order valence-corrected chi connectivity index (χ0v) is 10.7. The highest BCUT2D eigenvalue weighted by Crippen LogP contribution is 2.26. The van der Waals surface area contributed by atoms with E-state index >= 15 is 0 Å². The third-order valence-electron chi connectivity index (χ3n) is 3.68. The molecule has 0 bridgehead atoms. The minimum absolute atomic E-state index is 0.0987. The third kappa shape index (κ3) is 3.54. The molecule has 1 amide bonds. The molecule has 1 aromatic carbocycles. The predicted octanol–water partition coefficient (Wildman–Crippen LogP) is 3.03. The van der Waals surface area contributed by atoms with Crippen molar-refractivity contribution in [2.45, 2.75) is 38.1 Å². The molecule has 0 spiro atoms. The number of hydrogen-bond donors (Lipinski definition) is 1. The molecule has 0 atom stereocenters. The van der Waals surface area contributed by atoms with E-state index in [0.29, 0.717) is 12.3 Å². The summed E-state index contributed by atoms with van der Waals surface area (Å²) in [6, 6.07) is 8.29. The van der Waals surface area contributed by atoms with E-state index in [1.807, 2.05) is 0 Å². The van der Waals surface area contributed by atoms with Gasteiger partial charge in [-0.3, -0.25) is 4.79 Å². The Labute approximate surface area is 112 Å². The number of carbonyl (C=O) groups excluding carboxylic acids is 1. The van der Waals surface area contributed by atoms with Gasteiger partial charge in [0.15, 0.2) is 0 Å². The molecule has 1 aliphatic carbocycles. The summed E-state index contributed by atoms with van der Waals surface area (Å²) in [6.45, 7) is 0. The van der Waals surface area contributed by atoms with E-state index in [2.05, 4.69) is 11.4 Å². The van der Waals surface area contributed by atoms with Crippen LogP contribution in [0, 0.1) is 23.1 Å². The number of nitriles is 1. The number of nitrogens with zero attached hydrogens (tertiary/aromatic N) is 1. The van der Waals surface area contributed by atoms with Crippen molar-refractivity contribution in [3.8, 4) is 6.07 Å². The standard InChI is InChI=1S/C15H17FN2O/c16-14-4-2-1-3-13(14)15(19)18-12-7-5-11(6-8-12)9-10-17/h1-4,11-12H,5-9H2,(H,18,19). The van der Waals surface area contributed by atoms with Crippen molar-refractivity contribution in [2.24, 2.45) is 5.92 Å². The van der Waals surface area contributed by atoms with E-state index in [-0.39, 0.29) is 17.5 Å². The van der Waals surface area contributed by atoms with Crippen molar-refractivity contribution in [1.29, 1.82) is 5.26 Å². The first kappa shape index (κ1) is 13.5. The van der Waals surface area contributed by atoms with Crippen LogP contribution in [-0.2, 0) is 0 Å². The Balaban J connectivity index is 1.88. The summed E-state index contributed by atoms with van der Waals surface area (Å²) in [5.41, 5.74) is 0.0987. The zero-order chi connectivity index (χ0) is 13.7. The minimum atomic E-state index is -0.488. The van der Waals surface area contributed by atoms with E-state index < -0.39 is 5.82 Å². The molecular formula is C15H17FN2O. The van der Waals surface area contributed by atoms with Crippen LogP contribution in [-0.4, -0.2) is 11.9 Å². The molecule has 19 heavy (non-hydrogen) atoms. The van der Waals surface area contributed by atoms with E-state index in [0.717, 1.165) is 25.7 Å². The maximum absolute atomic E-state index is 13.5. The Morgan fingerprint density at radius 3 is 2.63 bits per heavy atom. The molecule has 0 aliphatic heterocycles. The van der Waals surface area contributed by atoms with Crippen LogP contribution >= 0.6 is 0 Å². The number of amides is 1. The van der Waals surface area contributed by atoms with Gasteiger partial charge >= 0.3 is 0 Å². The summed E-state index contributed by atoms with van der Waals surface area (Å²) in [5, 5.41) is 11.5. The Kier molecular flexibility index (Phi) is 4.51. The second-order valence-corrected chi connectivity index (χ2v) is 5.03. The second-order valence-electron chi connectivity index (χ2n) is 5.03. The van der Waals surface area contributed by atoms with E-state index in [9.17, 15) is 9.18 Å². The Bertz CT molecular complexity index is 487. The first-order valence-electron chi connectivity index (χ1n) is 6.63. The quantitative estimate of drug-likeness (QED) is 0.908. The number of rotatable bonds is 3. The largest absolute Gasteiger partial charge is 0.349 e. The molecule has 1 saturated carbocycles. The summed E-state index contributed by atoms with van der Waals surface area (Å²) >= 11 is 0. The highest BCUT2D eigenvalue weighted by Gasteiger charge is 2.23. The molecular weight excluding hydrogens is 243 g/mol. The second kappa shape index (κ2) is 6.33. The average molecular weight is 260 g/mol. The molecule has 1 aromatic rings. The lowest BCUT2D eigenvalue weighted by molar-refractivity contribution is 0.0918. The smallest absolute Gasteiger partial charge is 0.254 e. The summed E-state index contributed by atoms with van der Waals surface area (Å²) in [5.74, 6) is -0.383. The van der Waals surface area contributed by atoms with Gasteiger partial charge in [-0.25, -0.2) is 4.39 Å². The van der Waals surface area contributed by atoms with Gasteiger partial charge in [0, 0.05) is 12.5 Å². The molecule has 0 unspecified atom stereocenters. The highest BCUT2D eigenvalue weighted by molar-refractivity contribution is 5.94. The van der Waals surface area contributed by atoms with Crippen LogP contribution in [0.4, 0.5) is 4.39 Å². The third-order valence-corrected chi connectivity index (χ3v) is 3.68. The molecule has 2 rings (SSSR count). The van der Waals surface area contributed by atoms with Crippen LogP contribution in [0.15, 0.2) is 24.3 Å². The molecule has 0 heterocycles. The normalized spacial score (nSPS) is 22.5. The molecule has 0 saturated heterocycles. The van der Waals surface area contributed by atoms with Crippen LogP contribution in [0.1, 0.15) is 42.5 Å². The van der Waals surface area contributed by atoms with Crippen molar-refractivity contribution in [3.05, 3.63) is 35.6 Å². The number of halogens is 1. The molecule has 1 aliphatic rings. The van der Waals surface area contributed by atoms with E-state index in [4.69, 9.17) is 5.26 Å². The van der Waals surface area contributed by atoms with E-state index in [1.54, 1.807) is 12.1 Å². The van der Waals surface area contributed by atoms with Crippen molar-refractivity contribution in [1.82, 2.24) is 5.32 Å². The number of nitrogens with one attached hydrogen (secondary N) is 1. The summed E-state index contributed by atoms with van der Waals surface area (Å²) in [6.07, 6.45) is 4.23. The summed E-state index contributed by atoms with van der Waals surface area (Å²) in [4.78, 5) is 11.9. The molecule has 1 N–H and O–H groups in total. The lowest BCUT2D eigenvalue weighted by Crippen LogP contribution is -2.38. The van der Waals surface area contributed by atoms with Gasteiger partial charge in [0.25, 0.3) is 5.91 Å². The van der Waals surface area contributed by atoms with Gasteiger partial charge in [0.1, 0.15) is 5.82 Å².